The molecule has 0 spiro atoms. The van der Waals surface area contributed by atoms with Gasteiger partial charge in [-0.2, -0.15) is 5.10 Å². The van der Waals surface area contributed by atoms with E-state index in [-0.39, 0.29) is 18.4 Å². The lowest BCUT2D eigenvalue weighted by Crippen LogP contribution is -2.34. The fourth-order valence-corrected chi connectivity index (χ4v) is 2.80. The van der Waals surface area contributed by atoms with E-state index < -0.39 is 0 Å². The highest BCUT2D eigenvalue weighted by molar-refractivity contribution is 5.98. The summed E-state index contributed by atoms with van der Waals surface area (Å²) in [5, 5.41) is 7.21. The van der Waals surface area contributed by atoms with Crippen LogP contribution in [0, 0.1) is 27.7 Å². The minimum atomic E-state index is -0.232. The highest BCUT2D eigenvalue weighted by Crippen LogP contribution is 2.19. The summed E-state index contributed by atoms with van der Waals surface area (Å²) in [6, 6.07) is 5.83. The lowest BCUT2D eigenvalue weighted by molar-refractivity contribution is -0.129. The van der Waals surface area contributed by atoms with Gasteiger partial charge in [-0.25, -0.2) is 0 Å². The van der Waals surface area contributed by atoms with Gasteiger partial charge in [0.1, 0.15) is 0 Å². The number of benzene rings is 1. The number of nitrogens with one attached hydrogen (secondary N) is 1. The Bertz CT molecular complexity index is 845. The SMILES string of the molecule is Cc1cccc(C)c1NC(=O)CN(C)C(=O)/C=C/c1c(C)nn(C)c1C. The van der Waals surface area contributed by atoms with Gasteiger partial charge in [-0.1, -0.05) is 18.2 Å². The molecule has 0 aliphatic rings. The van der Waals surface area contributed by atoms with Crippen molar-refractivity contribution in [1.29, 1.82) is 0 Å². The van der Waals surface area contributed by atoms with Gasteiger partial charge >= 0.3 is 0 Å². The lowest BCUT2D eigenvalue weighted by atomic mass is 10.1. The quantitative estimate of drug-likeness (QED) is 0.840. The molecular weight excluding hydrogens is 328 g/mol. The number of nitrogens with zero attached hydrogens (tertiary/aromatic N) is 3. The Balaban J connectivity index is 2.00. The van der Waals surface area contributed by atoms with E-state index >= 15 is 0 Å². The number of para-hydroxylation sites is 1. The molecule has 1 aromatic heterocycles. The van der Waals surface area contributed by atoms with Crippen molar-refractivity contribution in [2.75, 3.05) is 18.9 Å². The van der Waals surface area contributed by atoms with Crippen molar-refractivity contribution in [3.8, 4) is 0 Å². The molecule has 6 nitrogen and oxygen atoms in total. The number of carbonyl (C=O) groups is 2. The Labute approximate surface area is 154 Å². The van der Waals surface area contributed by atoms with Crippen LogP contribution >= 0.6 is 0 Å². The van der Waals surface area contributed by atoms with Gasteiger partial charge in [-0.15, -0.1) is 0 Å². The van der Waals surface area contributed by atoms with Gasteiger partial charge in [0.15, 0.2) is 0 Å². The summed E-state index contributed by atoms with van der Waals surface area (Å²) in [4.78, 5) is 26.0. The predicted molar refractivity (Wildman–Crippen MR) is 104 cm³/mol. The lowest BCUT2D eigenvalue weighted by Gasteiger charge is -2.16. The minimum absolute atomic E-state index is 0.0120. The summed E-state index contributed by atoms with van der Waals surface area (Å²) >= 11 is 0. The number of anilines is 1. The third-order valence-corrected chi connectivity index (χ3v) is 4.46. The maximum atomic E-state index is 12.3. The molecule has 2 rings (SSSR count). The van der Waals surface area contributed by atoms with Crippen molar-refractivity contribution in [2.24, 2.45) is 7.05 Å². The first-order chi connectivity index (χ1) is 12.2. The first-order valence-electron chi connectivity index (χ1n) is 8.50. The molecule has 2 amide bonds. The fourth-order valence-electron chi connectivity index (χ4n) is 2.80. The number of amides is 2. The zero-order valence-electron chi connectivity index (χ0n) is 16.3. The van der Waals surface area contributed by atoms with Gasteiger partial charge in [0.05, 0.1) is 12.2 Å². The maximum Gasteiger partial charge on any atom is 0.246 e. The third kappa shape index (κ3) is 4.39. The van der Waals surface area contributed by atoms with Crippen molar-refractivity contribution in [2.45, 2.75) is 27.7 Å². The highest BCUT2D eigenvalue weighted by Gasteiger charge is 2.13. The number of aromatic nitrogens is 2. The van der Waals surface area contributed by atoms with Crippen LogP contribution in [0.2, 0.25) is 0 Å². The molecular formula is C20H26N4O2. The van der Waals surface area contributed by atoms with E-state index in [1.54, 1.807) is 17.8 Å². The van der Waals surface area contributed by atoms with Gasteiger partial charge in [-0.05, 0) is 44.9 Å². The van der Waals surface area contributed by atoms with E-state index in [1.165, 1.54) is 11.0 Å². The van der Waals surface area contributed by atoms with Crippen LogP contribution in [0.5, 0.6) is 0 Å². The summed E-state index contributed by atoms with van der Waals surface area (Å²) in [5.74, 6) is -0.454. The standard InChI is InChI=1S/C20H26N4O2/c1-13-8-7-9-14(2)20(13)21-18(25)12-23(5)19(26)11-10-17-15(3)22-24(6)16(17)4/h7-11H,12H2,1-6H3,(H,21,25)/b11-10+. The summed E-state index contributed by atoms with van der Waals surface area (Å²) in [5.41, 5.74) is 5.57. The smallest absolute Gasteiger partial charge is 0.246 e. The van der Waals surface area contributed by atoms with Crippen LogP contribution < -0.4 is 5.32 Å². The average Bonchev–Trinajstić information content (AvgIpc) is 2.81. The number of hydrogen-bond acceptors (Lipinski definition) is 3. The Morgan fingerprint density at radius 3 is 2.35 bits per heavy atom. The zero-order valence-corrected chi connectivity index (χ0v) is 16.3. The normalized spacial score (nSPS) is 11.0. The van der Waals surface area contributed by atoms with E-state index in [0.717, 1.165) is 33.8 Å². The highest BCUT2D eigenvalue weighted by atomic mass is 16.2. The Morgan fingerprint density at radius 1 is 1.19 bits per heavy atom. The molecule has 0 fully saturated rings. The maximum absolute atomic E-state index is 12.3. The van der Waals surface area contributed by atoms with Gasteiger partial charge in [0.2, 0.25) is 11.8 Å². The molecule has 0 radical (unpaired) electrons. The van der Waals surface area contributed by atoms with Gasteiger partial charge in [-0.3, -0.25) is 14.3 Å². The van der Waals surface area contributed by atoms with Crippen molar-refractivity contribution < 1.29 is 9.59 Å². The topological polar surface area (TPSA) is 67.2 Å². The van der Waals surface area contributed by atoms with E-state index in [4.69, 9.17) is 0 Å². The van der Waals surface area contributed by atoms with Crippen LogP contribution in [0.1, 0.15) is 28.1 Å². The Morgan fingerprint density at radius 2 is 1.81 bits per heavy atom. The van der Waals surface area contributed by atoms with Crippen molar-refractivity contribution in [3.05, 3.63) is 52.4 Å². The number of carbonyl (C=O) groups excluding carboxylic acids is 2. The minimum Gasteiger partial charge on any atom is -0.333 e. The van der Waals surface area contributed by atoms with Crippen molar-refractivity contribution in [1.82, 2.24) is 14.7 Å². The summed E-state index contributed by atoms with van der Waals surface area (Å²) in [6.07, 6.45) is 3.23. The fraction of sp³-hybridized carbons (Fsp3) is 0.350. The van der Waals surface area contributed by atoms with Gasteiger partial charge in [0.25, 0.3) is 0 Å². The molecule has 1 heterocycles. The molecule has 0 saturated carbocycles. The molecule has 0 aliphatic carbocycles. The Kier molecular flexibility index (Phi) is 5.97. The second kappa shape index (κ2) is 7.99. The second-order valence-corrected chi connectivity index (χ2v) is 6.55. The van der Waals surface area contributed by atoms with Crippen LogP contribution in [0.25, 0.3) is 6.08 Å². The van der Waals surface area contributed by atoms with Crippen LogP contribution in [0.15, 0.2) is 24.3 Å². The second-order valence-electron chi connectivity index (χ2n) is 6.55. The van der Waals surface area contributed by atoms with Crippen LogP contribution in [0.3, 0.4) is 0 Å². The molecule has 1 N–H and O–H groups in total. The molecule has 0 aliphatic heterocycles. The molecule has 1 aromatic carbocycles. The number of aryl methyl sites for hydroxylation is 4. The first-order valence-corrected chi connectivity index (χ1v) is 8.50. The summed E-state index contributed by atoms with van der Waals surface area (Å²) in [7, 11) is 3.48. The molecule has 0 atom stereocenters. The molecule has 26 heavy (non-hydrogen) atoms. The van der Waals surface area contributed by atoms with E-state index in [9.17, 15) is 9.59 Å². The molecule has 2 aromatic rings. The summed E-state index contributed by atoms with van der Waals surface area (Å²) in [6.45, 7) is 7.73. The molecule has 0 bridgehead atoms. The first kappa shape index (κ1) is 19.4. The number of rotatable bonds is 5. The predicted octanol–water partition coefficient (Wildman–Crippen LogP) is 2.76. The van der Waals surface area contributed by atoms with E-state index in [2.05, 4.69) is 10.4 Å². The van der Waals surface area contributed by atoms with Crippen molar-refractivity contribution >= 4 is 23.6 Å². The van der Waals surface area contributed by atoms with Crippen molar-refractivity contribution in [3.63, 3.8) is 0 Å². The van der Waals surface area contributed by atoms with Crippen LogP contribution in [-0.4, -0.2) is 40.1 Å². The van der Waals surface area contributed by atoms with E-state index in [1.807, 2.05) is 52.9 Å². The third-order valence-electron chi connectivity index (χ3n) is 4.46. The van der Waals surface area contributed by atoms with Gasteiger partial charge in [0, 0.05) is 37.1 Å². The number of hydrogen-bond donors (Lipinski definition) is 1. The Hall–Kier alpha value is -2.89. The summed E-state index contributed by atoms with van der Waals surface area (Å²) < 4.78 is 1.78. The zero-order chi connectivity index (χ0) is 19.4. The van der Waals surface area contributed by atoms with Crippen LogP contribution in [0.4, 0.5) is 5.69 Å². The number of likely N-dealkylation sites (N-methyl/N-ethyl adjacent to an activating group) is 1. The molecule has 138 valence electrons. The average molecular weight is 354 g/mol. The molecule has 0 unspecified atom stereocenters. The van der Waals surface area contributed by atoms with E-state index in [0.29, 0.717) is 0 Å². The van der Waals surface area contributed by atoms with Crippen LogP contribution in [-0.2, 0) is 16.6 Å². The van der Waals surface area contributed by atoms with Gasteiger partial charge < -0.3 is 10.2 Å². The monoisotopic (exact) mass is 354 g/mol. The molecule has 0 saturated heterocycles. The largest absolute Gasteiger partial charge is 0.333 e. The molecule has 6 heteroatoms.